The van der Waals surface area contributed by atoms with Crippen molar-refractivity contribution >= 4 is 51.6 Å². The van der Waals surface area contributed by atoms with E-state index in [2.05, 4.69) is 20.9 Å². The average Bonchev–Trinajstić information content (AvgIpc) is 3.35. The second-order valence-electron chi connectivity index (χ2n) is 6.03. The Labute approximate surface area is 168 Å². The fourth-order valence-corrected chi connectivity index (χ4v) is 4.55. The summed E-state index contributed by atoms with van der Waals surface area (Å²) in [6, 6.07) is 2.95. The number of nitrogens with zero attached hydrogens (tertiary/aromatic N) is 2. The first-order valence-corrected chi connectivity index (χ1v) is 10.3. The number of ether oxygens (including phenoxy) is 1. The molecule has 0 spiro atoms. The van der Waals surface area contributed by atoms with Crippen molar-refractivity contribution in [2.75, 3.05) is 36.9 Å². The van der Waals surface area contributed by atoms with Gasteiger partial charge in [-0.1, -0.05) is 11.8 Å². The van der Waals surface area contributed by atoms with Gasteiger partial charge >= 0.3 is 6.03 Å². The van der Waals surface area contributed by atoms with Crippen LogP contribution in [0.3, 0.4) is 0 Å². The van der Waals surface area contributed by atoms with Gasteiger partial charge in [0.2, 0.25) is 0 Å². The lowest BCUT2D eigenvalue weighted by Crippen LogP contribution is -2.48. The summed E-state index contributed by atoms with van der Waals surface area (Å²) in [5.74, 6) is -0.829. The number of anilines is 2. The number of hydrogen-bond acceptors (Lipinski definition) is 8. The van der Waals surface area contributed by atoms with Gasteiger partial charge in [0.05, 0.1) is 30.7 Å². The van der Waals surface area contributed by atoms with Crippen LogP contribution < -0.4 is 16.0 Å². The molecular weight excluding hydrogens is 402 g/mol. The molecule has 2 aromatic rings. The summed E-state index contributed by atoms with van der Waals surface area (Å²) < 4.78 is 5.20. The maximum Gasteiger partial charge on any atom is 0.324 e. The Bertz CT molecular complexity index is 887. The third-order valence-electron chi connectivity index (χ3n) is 4.22. The summed E-state index contributed by atoms with van der Waals surface area (Å²) in [6.07, 6.45) is 3.33. The van der Waals surface area contributed by atoms with Crippen molar-refractivity contribution < 1.29 is 19.1 Å². The van der Waals surface area contributed by atoms with Crippen molar-refractivity contribution in [1.82, 2.24) is 15.2 Å². The normalized spacial score (nSPS) is 18.1. The van der Waals surface area contributed by atoms with E-state index in [4.69, 9.17) is 4.74 Å². The highest BCUT2D eigenvalue weighted by Gasteiger charge is 2.29. The summed E-state index contributed by atoms with van der Waals surface area (Å²) in [5, 5.41) is 9.80. The SMILES string of the molecule is O=C(NC(=O)N1CCOCC1)c1ccsc1NC(=O)C1Nc2cnccc2S1. The molecule has 0 aliphatic carbocycles. The smallest absolute Gasteiger partial charge is 0.324 e. The lowest BCUT2D eigenvalue weighted by molar-refractivity contribution is -0.115. The fourth-order valence-electron chi connectivity index (χ4n) is 2.78. The van der Waals surface area contributed by atoms with Crippen LogP contribution in [-0.4, -0.2) is 59.4 Å². The van der Waals surface area contributed by atoms with Gasteiger partial charge in [-0.15, -0.1) is 11.3 Å². The van der Waals surface area contributed by atoms with Crippen LogP contribution in [0, 0.1) is 0 Å². The van der Waals surface area contributed by atoms with Crippen LogP contribution in [-0.2, 0) is 9.53 Å². The van der Waals surface area contributed by atoms with E-state index in [0.717, 1.165) is 10.6 Å². The van der Waals surface area contributed by atoms with Gasteiger partial charge in [-0.2, -0.15) is 0 Å². The molecular formula is C17H17N5O4S2. The Balaban J connectivity index is 1.38. The maximum atomic E-state index is 12.6. The molecule has 4 rings (SSSR count). The number of carbonyl (C=O) groups is 3. The largest absolute Gasteiger partial charge is 0.378 e. The van der Waals surface area contributed by atoms with Gasteiger partial charge in [0.25, 0.3) is 11.8 Å². The number of urea groups is 1. The van der Waals surface area contributed by atoms with E-state index in [9.17, 15) is 14.4 Å². The van der Waals surface area contributed by atoms with Crippen molar-refractivity contribution in [3.05, 3.63) is 35.5 Å². The molecule has 0 saturated carbocycles. The Hall–Kier alpha value is -2.63. The van der Waals surface area contributed by atoms with Crippen LogP contribution >= 0.6 is 23.1 Å². The molecule has 28 heavy (non-hydrogen) atoms. The number of morpholine rings is 1. The van der Waals surface area contributed by atoms with Crippen LogP contribution in [0.4, 0.5) is 15.5 Å². The van der Waals surface area contributed by atoms with E-state index in [1.807, 2.05) is 6.07 Å². The minimum absolute atomic E-state index is 0.252. The molecule has 0 aromatic carbocycles. The number of nitrogens with one attached hydrogen (secondary N) is 3. The highest BCUT2D eigenvalue weighted by atomic mass is 32.2. The highest BCUT2D eigenvalue weighted by molar-refractivity contribution is 8.01. The van der Waals surface area contributed by atoms with Crippen molar-refractivity contribution in [2.45, 2.75) is 10.3 Å². The monoisotopic (exact) mass is 419 g/mol. The summed E-state index contributed by atoms with van der Waals surface area (Å²) in [6.45, 7) is 1.77. The number of thiophene rings is 1. The standard InChI is InChI=1S/C17H17N5O4S2/c23-13(21-17(25)22-4-6-26-7-5-22)10-2-8-27-15(10)20-14(24)16-19-11-9-18-3-1-12(11)28-16/h1-3,8-9,16,19H,4-7H2,(H,20,24)(H,21,23,25). The van der Waals surface area contributed by atoms with E-state index in [0.29, 0.717) is 31.3 Å². The fraction of sp³-hybridized carbons (Fsp3) is 0.294. The number of rotatable bonds is 3. The second-order valence-corrected chi connectivity index (χ2v) is 8.09. The molecule has 9 nitrogen and oxygen atoms in total. The molecule has 4 heterocycles. The van der Waals surface area contributed by atoms with Gasteiger partial charge in [-0.3, -0.25) is 19.9 Å². The molecule has 146 valence electrons. The van der Waals surface area contributed by atoms with E-state index in [-0.39, 0.29) is 11.5 Å². The number of carbonyl (C=O) groups excluding carboxylic acids is 3. The molecule has 1 unspecified atom stereocenters. The van der Waals surface area contributed by atoms with Crippen LogP contribution in [0.2, 0.25) is 0 Å². The molecule has 0 radical (unpaired) electrons. The summed E-state index contributed by atoms with van der Waals surface area (Å²) in [7, 11) is 0. The summed E-state index contributed by atoms with van der Waals surface area (Å²) in [4.78, 5) is 43.8. The van der Waals surface area contributed by atoms with Crippen molar-refractivity contribution in [2.24, 2.45) is 0 Å². The van der Waals surface area contributed by atoms with Crippen molar-refractivity contribution in [3.8, 4) is 0 Å². The lowest BCUT2D eigenvalue weighted by Gasteiger charge is -2.26. The van der Waals surface area contributed by atoms with Crippen LogP contribution in [0.15, 0.2) is 34.8 Å². The third-order valence-corrected chi connectivity index (χ3v) is 6.22. The molecule has 1 atom stereocenters. The Morgan fingerprint density at radius 2 is 2.07 bits per heavy atom. The lowest BCUT2D eigenvalue weighted by atomic mass is 10.3. The van der Waals surface area contributed by atoms with Crippen LogP contribution in [0.25, 0.3) is 0 Å². The second kappa shape index (κ2) is 8.17. The first-order valence-electron chi connectivity index (χ1n) is 8.55. The topological polar surface area (TPSA) is 113 Å². The van der Waals surface area contributed by atoms with E-state index in [1.54, 1.807) is 23.8 Å². The van der Waals surface area contributed by atoms with Gasteiger partial charge in [-0.05, 0) is 17.5 Å². The zero-order chi connectivity index (χ0) is 19.5. The summed E-state index contributed by atoms with van der Waals surface area (Å²) >= 11 is 2.60. The number of hydrogen-bond donors (Lipinski definition) is 3. The minimum atomic E-state index is -0.549. The van der Waals surface area contributed by atoms with E-state index < -0.39 is 17.3 Å². The average molecular weight is 419 g/mol. The number of fused-ring (bicyclic) bond motifs is 1. The third kappa shape index (κ3) is 3.96. The van der Waals surface area contributed by atoms with Gasteiger partial charge < -0.3 is 20.3 Å². The number of thioether (sulfide) groups is 1. The minimum Gasteiger partial charge on any atom is -0.378 e. The van der Waals surface area contributed by atoms with Gasteiger partial charge in [0.15, 0.2) is 5.37 Å². The number of imide groups is 1. The highest BCUT2D eigenvalue weighted by Crippen LogP contribution is 2.38. The Morgan fingerprint density at radius 1 is 1.25 bits per heavy atom. The molecule has 4 amide bonds. The summed E-state index contributed by atoms with van der Waals surface area (Å²) in [5.41, 5.74) is 1.05. The van der Waals surface area contributed by atoms with Crippen molar-refractivity contribution in [3.63, 3.8) is 0 Å². The Morgan fingerprint density at radius 3 is 2.86 bits per heavy atom. The predicted octanol–water partition coefficient (Wildman–Crippen LogP) is 1.81. The molecule has 1 fully saturated rings. The van der Waals surface area contributed by atoms with Gasteiger partial charge in [0, 0.05) is 24.2 Å². The number of aromatic nitrogens is 1. The maximum absolute atomic E-state index is 12.6. The first-order chi connectivity index (χ1) is 13.6. The van der Waals surface area contributed by atoms with Crippen LogP contribution in [0.5, 0.6) is 0 Å². The zero-order valence-electron chi connectivity index (χ0n) is 14.6. The van der Waals surface area contributed by atoms with E-state index >= 15 is 0 Å². The van der Waals surface area contributed by atoms with Crippen LogP contribution in [0.1, 0.15) is 10.4 Å². The first kappa shape index (κ1) is 18.7. The molecule has 3 N–H and O–H groups in total. The molecule has 11 heteroatoms. The predicted molar refractivity (Wildman–Crippen MR) is 106 cm³/mol. The molecule has 2 aromatic heterocycles. The Kier molecular flexibility index (Phi) is 5.46. The molecule has 2 aliphatic heterocycles. The molecule has 2 aliphatic rings. The molecule has 1 saturated heterocycles. The molecule has 0 bridgehead atoms. The van der Waals surface area contributed by atoms with Gasteiger partial charge in [-0.25, -0.2) is 4.79 Å². The number of pyridine rings is 1. The zero-order valence-corrected chi connectivity index (χ0v) is 16.3. The van der Waals surface area contributed by atoms with Crippen molar-refractivity contribution in [1.29, 1.82) is 0 Å². The van der Waals surface area contributed by atoms with Gasteiger partial charge in [0.1, 0.15) is 5.00 Å². The number of amides is 4. The quantitative estimate of drug-likeness (QED) is 0.695. The van der Waals surface area contributed by atoms with E-state index in [1.165, 1.54) is 28.0 Å².